The lowest BCUT2D eigenvalue weighted by Crippen LogP contribution is -2.29. The van der Waals surface area contributed by atoms with E-state index in [1.807, 2.05) is 0 Å². The molecule has 2 atom stereocenters. The Bertz CT molecular complexity index is 435. The Morgan fingerprint density at radius 2 is 2.00 bits per heavy atom. The molecule has 3 rings (SSSR count). The lowest BCUT2D eigenvalue weighted by molar-refractivity contribution is 0.419. The van der Waals surface area contributed by atoms with Gasteiger partial charge in [-0.2, -0.15) is 0 Å². The Hall–Kier alpha value is -1.08. The molecule has 0 bridgehead atoms. The molecular weight excluding hydrogens is 230 g/mol. The third kappa shape index (κ3) is 3.27. The SMILES string of the molecule is C1=CCC(CNCC2CCCc3ccccc32)CC1. The highest BCUT2D eigenvalue weighted by Gasteiger charge is 2.19. The average molecular weight is 255 g/mol. The van der Waals surface area contributed by atoms with E-state index in [9.17, 15) is 0 Å². The highest BCUT2D eigenvalue weighted by molar-refractivity contribution is 5.32. The summed E-state index contributed by atoms with van der Waals surface area (Å²) in [6.07, 6.45) is 12.6. The summed E-state index contributed by atoms with van der Waals surface area (Å²) < 4.78 is 0. The molecule has 2 unspecified atom stereocenters. The number of rotatable bonds is 4. The van der Waals surface area contributed by atoms with Crippen LogP contribution < -0.4 is 5.32 Å². The minimum Gasteiger partial charge on any atom is -0.316 e. The van der Waals surface area contributed by atoms with E-state index in [-0.39, 0.29) is 0 Å². The van der Waals surface area contributed by atoms with Crippen LogP contribution in [0.4, 0.5) is 0 Å². The smallest absolute Gasteiger partial charge is 0.00203 e. The van der Waals surface area contributed by atoms with Gasteiger partial charge in [0.25, 0.3) is 0 Å². The van der Waals surface area contributed by atoms with E-state index in [4.69, 9.17) is 0 Å². The van der Waals surface area contributed by atoms with Gasteiger partial charge in [-0.05, 0) is 68.0 Å². The Morgan fingerprint density at radius 3 is 2.89 bits per heavy atom. The predicted octanol–water partition coefficient (Wildman–Crippen LogP) is 4.05. The second kappa shape index (κ2) is 6.38. The van der Waals surface area contributed by atoms with E-state index in [1.54, 1.807) is 11.1 Å². The second-order valence-electron chi connectivity index (χ2n) is 6.10. The van der Waals surface area contributed by atoms with Crippen LogP contribution in [0.15, 0.2) is 36.4 Å². The molecule has 0 saturated heterocycles. The lowest BCUT2D eigenvalue weighted by Gasteiger charge is -2.27. The summed E-state index contributed by atoms with van der Waals surface area (Å²) in [5, 5.41) is 3.73. The highest BCUT2D eigenvalue weighted by atomic mass is 14.9. The Labute approximate surface area is 117 Å². The molecule has 0 amide bonds. The quantitative estimate of drug-likeness (QED) is 0.800. The molecular formula is C18H25N. The van der Waals surface area contributed by atoms with Crippen molar-refractivity contribution in [3.63, 3.8) is 0 Å². The Balaban J connectivity index is 1.52. The second-order valence-corrected chi connectivity index (χ2v) is 6.10. The molecule has 0 spiro atoms. The zero-order chi connectivity index (χ0) is 12.9. The van der Waals surface area contributed by atoms with Crippen molar-refractivity contribution in [3.8, 4) is 0 Å². The van der Waals surface area contributed by atoms with Gasteiger partial charge in [0.15, 0.2) is 0 Å². The molecule has 1 nitrogen and oxygen atoms in total. The van der Waals surface area contributed by atoms with Crippen LogP contribution in [0, 0.1) is 5.92 Å². The molecule has 102 valence electrons. The van der Waals surface area contributed by atoms with Gasteiger partial charge >= 0.3 is 0 Å². The number of benzene rings is 1. The summed E-state index contributed by atoms with van der Waals surface area (Å²) in [7, 11) is 0. The maximum atomic E-state index is 3.73. The van der Waals surface area contributed by atoms with Crippen LogP contribution in [0.2, 0.25) is 0 Å². The first-order valence-electron chi connectivity index (χ1n) is 7.87. The van der Waals surface area contributed by atoms with E-state index < -0.39 is 0 Å². The minimum atomic E-state index is 0.740. The van der Waals surface area contributed by atoms with Crippen LogP contribution in [-0.2, 0) is 6.42 Å². The van der Waals surface area contributed by atoms with Gasteiger partial charge in [0.1, 0.15) is 0 Å². The van der Waals surface area contributed by atoms with Gasteiger partial charge in [0.05, 0.1) is 0 Å². The van der Waals surface area contributed by atoms with E-state index >= 15 is 0 Å². The molecule has 0 radical (unpaired) electrons. The van der Waals surface area contributed by atoms with Crippen molar-refractivity contribution in [2.24, 2.45) is 5.92 Å². The van der Waals surface area contributed by atoms with Crippen molar-refractivity contribution in [1.82, 2.24) is 5.32 Å². The molecule has 1 aromatic carbocycles. The molecule has 0 heterocycles. The number of nitrogens with one attached hydrogen (secondary N) is 1. The van der Waals surface area contributed by atoms with Crippen molar-refractivity contribution in [2.75, 3.05) is 13.1 Å². The maximum absolute atomic E-state index is 3.73. The topological polar surface area (TPSA) is 12.0 Å². The normalized spacial score (nSPS) is 26.1. The monoisotopic (exact) mass is 255 g/mol. The molecule has 2 aliphatic rings. The van der Waals surface area contributed by atoms with Crippen LogP contribution in [0.5, 0.6) is 0 Å². The zero-order valence-corrected chi connectivity index (χ0v) is 11.8. The van der Waals surface area contributed by atoms with Gasteiger partial charge in [-0.1, -0.05) is 36.4 Å². The van der Waals surface area contributed by atoms with E-state index in [0.717, 1.165) is 18.4 Å². The summed E-state index contributed by atoms with van der Waals surface area (Å²) in [5.74, 6) is 1.60. The third-order valence-electron chi connectivity index (χ3n) is 4.70. The van der Waals surface area contributed by atoms with Gasteiger partial charge in [-0.3, -0.25) is 0 Å². The summed E-state index contributed by atoms with van der Waals surface area (Å²) >= 11 is 0. The molecule has 0 aromatic heterocycles. The first-order valence-corrected chi connectivity index (χ1v) is 7.87. The number of allylic oxidation sites excluding steroid dienone is 2. The molecule has 1 heteroatoms. The molecule has 1 N–H and O–H groups in total. The molecule has 0 saturated carbocycles. The van der Waals surface area contributed by atoms with Crippen molar-refractivity contribution in [2.45, 2.75) is 44.4 Å². The van der Waals surface area contributed by atoms with Crippen molar-refractivity contribution in [3.05, 3.63) is 47.5 Å². The first-order chi connectivity index (χ1) is 9.43. The van der Waals surface area contributed by atoms with Crippen LogP contribution in [0.3, 0.4) is 0 Å². The Kier molecular flexibility index (Phi) is 4.34. The summed E-state index contributed by atoms with van der Waals surface area (Å²) in [6.45, 7) is 2.36. The van der Waals surface area contributed by atoms with Crippen LogP contribution >= 0.6 is 0 Å². The average Bonchev–Trinajstić information content (AvgIpc) is 2.49. The van der Waals surface area contributed by atoms with E-state index in [2.05, 4.69) is 41.7 Å². The fourth-order valence-electron chi connectivity index (χ4n) is 3.57. The fourth-order valence-corrected chi connectivity index (χ4v) is 3.57. The van der Waals surface area contributed by atoms with Gasteiger partial charge in [-0.25, -0.2) is 0 Å². The van der Waals surface area contributed by atoms with E-state index in [0.29, 0.717) is 0 Å². The molecule has 19 heavy (non-hydrogen) atoms. The van der Waals surface area contributed by atoms with Gasteiger partial charge in [-0.15, -0.1) is 0 Å². The highest BCUT2D eigenvalue weighted by Crippen LogP contribution is 2.30. The fraction of sp³-hybridized carbons (Fsp3) is 0.556. The van der Waals surface area contributed by atoms with Crippen LogP contribution in [0.25, 0.3) is 0 Å². The number of hydrogen-bond acceptors (Lipinski definition) is 1. The molecule has 0 fully saturated rings. The summed E-state index contributed by atoms with van der Waals surface area (Å²) in [4.78, 5) is 0. The van der Waals surface area contributed by atoms with Gasteiger partial charge < -0.3 is 5.32 Å². The van der Waals surface area contributed by atoms with Crippen LogP contribution in [-0.4, -0.2) is 13.1 Å². The first kappa shape index (κ1) is 12.9. The van der Waals surface area contributed by atoms with Crippen molar-refractivity contribution < 1.29 is 0 Å². The largest absolute Gasteiger partial charge is 0.316 e. The lowest BCUT2D eigenvalue weighted by atomic mass is 9.82. The van der Waals surface area contributed by atoms with Crippen LogP contribution in [0.1, 0.15) is 49.1 Å². The summed E-state index contributed by atoms with van der Waals surface area (Å²) in [5.41, 5.74) is 3.19. The molecule has 2 aliphatic carbocycles. The third-order valence-corrected chi connectivity index (χ3v) is 4.70. The maximum Gasteiger partial charge on any atom is 0.00203 e. The molecule has 1 aromatic rings. The van der Waals surface area contributed by atoms with Crippen molar-refractivity contribution >= 4 is 0 Å². The van der Waals surface area contributed by atoms with Gasteiger partial charge in [0.2, 0.25) is 0 Å². The number of hydrogen-bond donors (Lipinski definition) is 1. The Morgan fingerprint density at radius 1 is 1.05 bits per heavy atom. The van der Waals surface area contributed by atoms with E-state index in [1.165, 1.54) is 45.1 Å². The molecule has 0 aliphatic heterocycles. The number of aryl methyl sites for hydroxylation is 1. The van der Waals surface area contributed by atoms with Gasteiger partial charge in [0, 0.05) is 6.54 Å². The van der Waals surface area contributed by atoms with Crippen molar-refractivity contribution in [1.29, 1.82) is 0 Å². The zero-order valence-electron chi connectivity index (χ0n) is 11.8. The minimum absolute atomic E-state index is 0.740. The predicted molar refractivity (Wildman–Crippen MR) is 81.5 cm³/mol. The summed E-state index contributed by atoms with van der Waals surface area (Å²) in [6, 6.07) is 9.03. The standard InChI is InChI=1S/C18H25N/c1-2-7-15(8-3-1)13-19-14-17-11-6-10-16-9-4-5-12-18(16)17/h1-2,4-5,9,12,15,17,19H,3,6-8,10-11,13-14H2. The number of fused-ring (bicyclic) bond motifs is 1.